The molecule has 1 aromatic carbocycles. The number of nitrogens with zero attached hydrogens (tertiary/aromatic N) is 1. The predicted molar refractivity (Wildman–Crippen MR) is 98.2 cm³/mol. The second-order valence-corrected chi connectivity index (χ2v) is 8.59. The van der Waals surface area contributed by atoms with E-state index in [1.807, 2.05) is 27.6 Å². The van der Waals surface area contributed by atoms with Crippen LogP contribution in [0.5, 0.6) is 0 Å². The van der Waals surface area contributed by atoms with Gasteiger partial charge in [-0.15, -0.1) is 22.7 Å². The minimum absolute atomic E-state index is 0.112. The van der Waals surface area contributed by atoms with Crippen molar-refractivity contribution < 1.29 is 17.6 Å². The molecule has 0 atom stereocenters. The lowest BCUT2D eigenvalue weighted by atomic mass is 10.2. The van der Waals surface area contributed by atoms with Crippen LogP contribution < -0.4 is 10.0 Å². The molecule has 0 bridgehead atoms. The van der Waals surface area contributed by atoms with E-state index in [4.69, 9.17) is 0 Å². The lowest BCUT2D eigenvalue weighted by Gasteiger charge is -2.08. The molecule has 10 heteroatoms. The first-order valence-corrected chi connectivity index (χ1v) is 10.5. The summed E-state index contributed by atoms with van der Waals surface area (Å²) in [5, 5.41) is 6.78. The van der Waals surface area contributed by atoms with Crippen LogP contribution in [0.25, 0.3) is 10.6 Å². The van der Waals surface area contributed by atoms with Gasteiger partial charge in [-0.2, -0.15) is 0 Å². The van der Waals surface area contributed by atoms with Crippen LogP contribution in [0.3, 0.4) is 0 Å². The number of rotatable bonds is 5. The third-order valence-electron chi connectivity index (χ3n) is 3.02. The summed E-state index contributed by atoms with van der Waals surface area (Å²) in [5.74, 6) is -1.28. The first kappa shape index (κ1) is 17.5. The quantitative estimate of drug-likeness (QED) is 0.688. The van der Waals surface area contributed by atoms with Crippen LogP contribution >= 0.6 is 22.7 Å². The van der Waals surface area contributed by atoms with Gasteiger partial charge in [0.1, 0.15) is 5.82 Å². The molecule has 2 heterocycles. The minimum Gasteiger partial charge on any atom is -0.298 e. The largest absolute Gasteiger partial charge is 0.298 e. The summed E-state index contributed by atoms with van der Waals surface area (Å²) >= 11 is 2.80. The molecule has 0 saturated carbocycles. The van der Waals surface area contributed by atoms with Crippen molar-refractivity contribution >= 4 is 49.4 Å². The Morgan fingerprint density at radius 3 is 2.72 bits per heavy atom. The van der Waals surface area contributed by atoms with Crippen molar-refractivity contribution in [3.8, 4) is 10.6 Å². The van der Waals surface area contributed by atoms with Gasteiger partial charge in [0.25, 0.3) is 5.91 Å². The van der Waals surface area contributed by atoms with Gasteiger partial charge < -0.3 is 0 Å². The van der Waals surface area contributed by atoms with Crippen molar-refractivity contribution in [2.24, 2.45) is 0 Å². The number of amides is 1. The van der Waals surface area contributed by atoms with Crippen molar-refractivity contribution in [3.05, 3.63) is 52.5 Å². The van der Waals surface area contributed by atoms with Gasteiger partial charge in [-0.05, 0) is 29.6 Å². The highest BCUT2D eigenvalue weighted by Gasteiger charge is 2.14. The number of aromatic nitrogens is 1. The summed E-state index contributed by atoms with van der Waals surface area (Å²) < 4.78 is 38.2. The molecule has 3 aromatic rings. The van der Waals surface area contributed by atoms with Crippen molar-refractivity contribution in [2.45, 2.75) is 0 Å². The molecule has 0 aliphatic heterocycles. The van der Waals surface area contributed by atoms with E-state index in [1.54, 1.807) is 0 Å². The van der Waals surface area contributed by atoms with Crippen LogP contribution in [-0.2, 0) is 10.0 Å². The molecule has 6 nitrogen and oxygen atoms in total. The molecule has 0 unspecified atom stereocenters. The Morgan fingerprint density at radius 1 is 1.24 bits per heavy atom. The van der Waals surface area contributed by atoms with Gasteiger partial charge in [0.05, 0.1) is 22.5 Å². The SMILES string of the molecule is CS(=O)(=O)Nc1cc(C(=O)Nc2nc(-c3cccs3)cs2)ccc1F. The topological polar surface area (TPSA) is 88.2 Å². The van der Waals surface area contributed by atoms with Crippen molar-refractivity contribution in [1.29, 1.82) is 0 Å². The molecular weight excluding hydrogens is 385 g/mol. The van der Waals surface area contributed by atoms with Gasteiger partial charge >= 0.3 is 0 Å². The molecule has 0 spiro atoms. The highest BCUT2D eigenvalue weighted by molar-refractivity contribution is 7.92. The Labute approximate surface area is 151 Å². The number of carbonyl (C=O) groups excluding carboxylic acids is 1. The maximum Gasteiger partial charge on any atom is 0.257 e. The first-order chi connectivity index (χ1) is 11.8. The molecule has 25 heavy (non-hydrogen) atoms. The highest BCUT2D eigenvalue weighted by Crippen LogP contribution is 2.28. The summed E-state index contributed by atoms with van der Waals surface area (Å²) in [6.45, 7) is 0. The number of hydrogen-bond acceptors (Lipinski definition) is 6. The van der Waals surface area contributed by atoms with E-state index in [1.165, 1.54) is 28.7 Å². The molecule has 1 amide bonds. The number of nitrogens with one attached hydrogen (secondary N) is 2. The number of sulfonamides is 1. The second-order valence-electron chi connectivity index (χ2n) is 5.04. The van der Waals surface area contributed by atoms with E-state index < -0.39 is 21.7 Å². The molecule has 130 valence electrons. The highest BCUT2D eigenvalue weighted by atomic mass is 32.2. The van der Waals surface area contributed by atoms with Crippen molar-refractivity contribution in [3.63, 3.8) is 0 Å². The van der Waals surface area contributed by atoms with Crippen molar-refractivity contribution in [2.75, 3.05) is 16.3 Å². The zero-order valence-corrected chi connectivity index (χ0v) is 15.3. The lowest BCUT2D eigenvalue weighted by Crippen LogP contribution is -2.14. The van der Waals surface area contributed by atoms with Gasteiger partial charge in [0.15, 0.2) is 5.13 Å². The number of carbonyl (C=O) groups is 1. The Bertz CT molecular complexity index is 1010. The van der Waals surface area contributed by atoms with Crippen LogP contribution in [0.15, 0.2) is 41.1 Å². The fraction of sp³-hybridized carbons (Fsp3) is 0.0667. The third kappa shape index (κ3) is 4.41. The smallest absolute Gasteiger partial charge is 0.257 e. The molecule has 0 aliphatic rings. The number of benzene rings is 1. The van der Waals surface area contributed by atoms with Gasteiger partial charge in [0.2, 0.25) is 10.0 Å². The average Bonchev–Trinajstić information content (AvgIpc) is 3.18. The normalized spacial score (nSPS) is 11.3. The van der Waals surface area contributed by atoms with Gasteiger partial charge in [-0.1, -0.05) is 6.07 Å². The maximum absolute atomic E-state index is 13.7. The van der Waals surface area contributed by atoms with Crippen LogP contribution in [-0.4, -0.2) is 25.6 Å². The minimum atomic E-state index is -3.65. The number of halogens is 1. The van der Waals surface area contributed by atoms with Crippen molar-refractivity contribution in [1.82, 2.24) is 4.98 Å². The monoisotopic (exact) mass is 397 g/mol. The van der Waals surface area contributed by atoms with E-state index >= 15 is 0 Å². The van der Waals surface area contributed by atoms with Crippen LogP contribution in [0.1, 0.15) is 10.4 Å². The van der Waals surface area contributed by atoms with Crippen LogP contribution in [0.2, 0.25) is 0 Å². The Kier molecular flexibility index (Phi) is 4.84. The van der Waals surface area contributed by atoms with E-state index in [0.29, 0.717) is 5.13 Å². The molecule has 2 aromatic heterocycles. The van der Waals surface area contributed by atoms with Crippen LogP contribution in [0.4, 0.5) is 15.2 Å². The Balaban J connectivity index is 1.78. The van der Waals surface area contributed by atoms with E-state index in [2.05, 4.69) is 10.3 Å². The third-order valence-corrected chi connectivity index (χ3v) is 5.26. The molecule has 0 fully saturated rings. The predicted octanol–water partition coefficient (Wildman–Crippen LogP) is 3.63. The van der Waals surface area contributed by atoms with Crippen LogP contribution in [0, 0.1) is 5.82 Å². The molecule has 0 aliphatic carbocycles. The number of hydrogen-bond donors (Lipinski definition) is 2. The van der Waals surface area contributed by atoms with E-state index in [9.17, 15) is 17.6 Å². The number of thiazole rings is 1. The summed E-state index contributed by atoms with van der Waals surface area (Å²) in [4.78, 5) is 17.6. The molecule has 3 rings (SSSR count). The van der Waals surface area contributed by atoms with E-state index in [0.717, 1.165) is 29.0 Å². The Morgan fingerprint density at radius 2 is 2.04 bits per heavy atom. The standard InChI is InChI=1S/C15H12FN3O3S3/c1-25(21,22)19-11-7-9(4-5-10(11)16)14(20)18-15-17-12(8-24-15)13-3-2-6-23-13/h2-8,19H,1H3,(H,17,18,20). The molecule has 0 radical (unpaired) electrons. The average molecular weight is 397 g/mol. The van der Waals surface area contributed by atoms with Gasteiger partial charge in [-0.3, -0.25) is 14.8 Å². The summed E-state index contributed by atoms with van der Waals surface area (Å²) in [5.41, 5.74) is 0.586. The van der Waals surface area contributed by atoms with Gasteiger partial charge in [-0.25, -0.2) is 17.8 Å². The summed E-state index contributed by atoms with van der Waals surface area (Å²) in [6.07, 6.45) is 0.904. The second kappa shape index (κ2) is 6.90. The summed E-state index contributed by atoms with van der Waals surface area (Å²) in [6, 6.07) is 7.27. The van der Waals surface area contributed by atoms with E-state index in [-0.39, 0.29) is 11.3 Å². The molecule has 0 saturated heterocycles. The zero-order valence-electron chi connectivity index (χ0n) is 12.8. The zero-order chi connectivity index (χ0) is 18.0. The molecule has 2 N–H and O–H groups in total. The number of thiophene rings is 1. The van der Waals surface area contributed by atoms with Gasteiger partial charge in [0, 0.05) is 10.9 Å². The fourth-order valence-corrected chi connectivity index (χ4v) is 4.00. The fourth-order valence-electron chi connectivity index (χ4n) is 1.98. The molecular formula is C15H12FN3O3S3. The maximum atomic E-state index is 13.7. The Hall–Kier alpha value is -2.30. The number of anilines is 2. The summed E-state index contributed by atoms with van der Waals surface area (Å²) in [7, 11) is -3.65. The lowest BCUT2D eigenvalue weighted by molar-refractivity contribution is 0.102. The first-order valence-electron chi connectivity index (χ1n) is 6.90.